The van der Waals surface area contributed by atoms with Crippen LogP contribution in [0.3, 0.4) is 0 Å². The molecule has 0 saturated heterocycles. The average molecular weight is 398 g/mol. The molecule has 0 radical (unpaired) electrons. The normalized spacial score (nSPS) is 10.7. The number of ether oxygens (including phenoxy) is 1. The molecule has 0 saturated carbocycles. The number of methoxy groups -OCH3 is 1. The van der Waals surface area contributed by atoms with Crippen molar-refractivity contribution < 1.29 is 9.53 Å². The Morgan fingerprint density at radius 3 is 2.82 bits per heavy atom. The van der Waals surface area contributed by atoms with Gasteiger partial charge in [-0.05, 0) is 40.2 Å². The van der Waals surface area contributed by atoms with Crippen LogP contribution in [0.4, 0.5) is 5.13 Å². The predicted molar refractivity (Wildman–Crippen MR) is 93.3 cm³/mol. The van der Waals surface area contributed by atoms with E-state index in [9.17, 15) is 4.79 Å². The average Bonchev–Trinajstić information content (AvgIpc) is 2.92. The summed E-state index contributed by atoms with van der Waals surface area (Å²) in [4.78, 5) is 16.7. The summed E-state index contributed by atoms with van der Waals surface area (Å²) >= 11 is 10.8. The summed E-state index contributed by atoms with van der Waals surface area (Å²) in [6.07, 6.45) is 0. The molecule has 0 aliphatic rings. The van der Waals surface area contributed by atoms with Gasteiger partial charge in [0.05, 0.1) is 22.4 Å². The minimum atomic E-state index is -0.235. The van der Waals surface area contributed by atoms with Gasteiger partial charge in [0.2, 0.25) is 0 Å². The quantitative estimate of drug-likeness (QED) is 0.678. The molecule has 4 nitrogen and oxygen atoms in total. The summed E-state index contributed by atoms with van der Waals surface area (Å²) in [5.41, 5.74) is 1.18. The Bertz CT molecular complexity index is 866. The molecule has 0 bridgehead atoms. The number of carbonyl (C=O) groups excluding carboxylic acids is 1. The van der Waals surface area contributed by atoms with E-state index in [1.165, 1.54) is 11.3 Å². The Morgan fingerprint density at radius 1 is 1.32 bits per heavy atom. The molecule has 0 atom stereocenters. The zero-order valence-electron chi connectivity index (χ0n) is 11.4. The number of hydrogen-bond donors (Lipinski definition) is 1. The van der Waals surface area contributed by atoms with Gasteiger partial charge < -0.3 is 4.74 Å². The molecule has 0 aliphatic heterocycles. The van der Waals surface area contributed by atoms with Gasteiger partial charge in [0, 0.05) is 4.47 Å². The predicted octanol–water partition coefficient (Wildman–Crippen LogP) is 4.97. The van der Waals surface area contributed by atoms with Crippen LogP contribution in [0.1, 0.15) is 10.4 Å². The third kappa shape index (κ3) is 2.82. The lowest BCUT2D eigenvalue weighted by atomic mass is 10.2. The molecule has 3 rings (SSSR count). The lowest BCUT2D eigenvalue weighted by molar-refractivity contribution is 0.102. The first-order valence-electron chi connectivity index (χ1n) is 6.29. The molecule has 1 N–H and O–H groups in total. The highest BCUT2D eigenvalue weighted by Gasteiger charge is 2.15. The first-order chi connectivity index (χ1) is 10.6. The highest BCUT2D eigenvalue weighted by Crippen LogP contribution is 2.37. The van der Waals surface area contributed by atoms with Crippen molar-refractivity contribution in [3.05, 3.63) is 51.5 Å². The summed E-state index contributed by atoms with van der Waals surface area (Å²) in [5.74, 6) is 0.388. The second-order valence-corrected chi connectivity index (χ2v) is 6.64. The molecule has 112 valence electrons. The van der Waals surface area contributed by atoms with Crippen LogP contribution in [0.15, 0.2) is 40.9 Å². The fourth-order valence-corrected chi connectivity index (χ4v) is 3.60. The van der Waals surface area contributed by atoms with Crippen molar-refractivity contribution in [3.8, 4) is 5.75 Å². The first-order valence-corrected chi connectivity index (χ1v) is 8.28. The number of aromatic nitrogens is 1. The van der Waals surface area contributed by atoms with Gasteiger partial charge >= 0.3 is 0 Å². The van der Waals surface area contributed by atoms with Gasteiger partial charge in [-0.15, -0.1) is 0 Å². The molecular weight excluding hydrogens is 388 g/mol. The molecule has 0 unspecified atom stereocenters. The topological polar surface area (TPSA) is 51.2 Å². The number of thiazole rings is 1. The molecule has 7 heteroatoms. The van der Waals surface area contributed by atoms with E-state index in [2.05, 4.69) is 26.2 Å². The van der Waals surface area contributed by atoms with Crippen molar-refractivity contribution in [1.82, 2.24) is 4.98 Å². The molecule has 0 aliphatic carbocycles. The van der Waals surface area contributed by atoms with Crippen LogP contribution in [0.2, 0.25) is 5.02 Å². The van der Waals surface area contributed by atoms with E-state index in [0.29, 0.717) is 27.0 Å². The molecule has 3 aromatic rings. The SMILES string of the molecule is COc1ccc(Cl)c2sc(NC(=O)c3ccccc3Br)nc12. The monoisotopic (exact) mass is 396 g/mol. The second kappa shape index (κ2) is 6.24. The number of benzene rings is 2. The van der Waals surface area contributed by atoms with Crippen molar-refractivity contribution in [2.75, 3.05) is 12.4 Å². The van der Waals surface area contributed by atoms with E-state index in [4.69, 9.17) is 16.3 Å². The van der Waals surface area contributed by atoms with Crippen LogP contribution in [0, 0.1) is 0 Å². The number of nitrogens with zero attached hydrogens (tertiary/aromatic N) is 1. The third-order valence-electron chi connectivity index (χ3n) is 3.02. The summed E-state index contributed by atoms with van der Waals surface area (Å²) in [6, 6.07) is 10.7. The van der Waals surface area contributed by atoms with E-state index in [0.717, 1.165) is 9.17 Å². The second-order valence-electron chi connectivity index (χ2n) is 4.38. The molecule has 2 aromatic carbocycles. The van der Waals surface area contributed by atoms with Crippen LogP contribution in [0.25, 0.3) is 10.2 Å². The van der Waals surface area contributed by atoms with Crippen molar-refractivity contribution in [1.29, 1.82) is 0 Å². The van der Waals surface area contributed by atoms with Crippen molar-refractivity contribution in [2.45, 2.75) is 0 Å². The van der Waals surface area contributed by atoms with E-state index < -0.39 is 0 Å². The van der Waals surface area contributed by atoms with E-state index in [1.54, 1.807) is 31.4 Å². The molecule has 1 aromatic heterocycles. The molecule has 0 fully saturated rings. The molecular formula is C15H10BrClN2O2S. The lowest BCUT2D eigenvalue weighted by Gasteiger charge is -2.03. The van der Waals surface area contributed by atoms with Crippen LogP contribution in [-0.4, -0.2) is 18.0 Å². The Hall–Kier alpha value is -1.63. The minimum absolute atomic E-state index is 0.235. The summed E-state index contributed by atoms with van der Waals surface area (Å²) in [6.45, 7) is 0. The number of hydrogen-bond acceptors (Lipinski definition) is 4. The standard InChI is InChI=1S/C15H10BrClN2O2S/c1-21-11-7-6-10(17)13-12(11)18-15(22-13)19-14(20)8-4-2-3-5-9(8)16/h2-7H,1H3,(H,18,19,20). The summed E-state index contributed by atoms with van der Waals surface area (Å²) < 4.78 is 6.78. The molecule has 22 heavy (non-hydrogen) atoms. The summed E-state index contributed by atoms with van der Waals surface area (Å²) in [7, 11) is 1.57. The van der Waals surface area contributed by atoms with Gasteiger partial charge in [0.1, 0.15) is 11.3 Å². The van der Waals surface area contributed by atoms with Gasteiger partial charge in [-0.2, -0.15) is 0 Å². The van der Waals surface area contributed by atoms with Crippen LogP contribution < -0.4 is 10.1 Å². The van der Waals surface area contributed by atoms with E-state index >= 15 is 0 Å². The maximum absolute atomic E-state index is 12.3. The van der Waals surface area contributed by atoms with Crippen molar-refractivity contribution >= 4 is 60.1 Å². The Balaban J connectivity index is 1.96. The van der Waals surface area contributed by atoms with E-state index in [1.807, 2.05) is 12.1 Å². The highest BCUT2D eigenvalue weighted by atomic mass is 79.9. The maximum atomic E-state index is 12.3. The number of carbonyl (C=O) groups is 1. The minimum Gasteiger partial charge on any atom is -0.494 e. The summed E-state index contributed by atoms with van der Waals surface area (Å²) in [5, 5.41) is 3.84. The Kier molecular flexibility index (Phi) is 4.33. The van der Waals surface area contributed by atoms with Gasteiger partial charge in [0.15, 0.2) is 5.13 Å². The Labute approximate surface area is 144 Å². The third-order valence-corrected chi connectivity index (χ3v) is 5.14. The van der Waals surface area contributed by atoms with Gasteiger partial charge in [-0.3, -0.25) is 10.1 Å². The van der Waals surface area contributed by atoms with Crippen molar-refractivity contribution in [3.63, 3.8) is 0 Å². The van der Waals surface area contributed by atoms with Crippen LogP contribution in [0.5, 0.6) is 5.75 Å². The largest absolute Gasteiger partial charge is 0.494 e. The van der Waals surface area contributed by atoms with Gasteiger partial charge in [0.25, 0.3) is 5.91 Å². The number of rotatable bonds is 3. The fourth-order valence-electron chi connectivity index (χ4n) is 1.98. The van der Waals surface area contributed by atoms with Gasteiger partial charge in [-0.1, -0.05) is 35.1 Å². The number of amides is 1. The van der Waals surface area contributed by atoms with Crippen LogP contribution >= 0.6 is 38.9 Å². The van der Waals surface area contributed by atoms with E-state index in [-0.39, 0.29) is 5.91 Å². The zero-order chi connectivity index (χ0) is 15.7. The number of fused-ring (bicyclic) bond motifs is 1. The highest BCUT2D eigenvalue weighted by molar-refractivity contribution is 9.10. The number of halogens is 2. The molecule has 1 heterocycles. The Morgan fingerprint density at radius 2 is 2.09 bits per heavy atom. The maximum Gasteiger partial charge on any atom is 0.258 e. The van der Waals surface area contributed by atoms with Gasteiger partial charge in [-0.25, -0.2) is 4.98 Å². The smallest absolute Gasteiger partial charge is 0.258 e. The molecule has 0 spiro atoms. The number of nitrogens with one attached hydrogen (secondary N) is 1. The first kappa shape index (κ1) is 15.3. The number of anilines is 1. The van der Waals surface area contributed by atoms with Crippen molar-refractivity contribution in [2.24, 2.45) is 0 Å². The fraction of sp³-hybridized carbons (Fsp3) is 0.0667. The zero-order valence-corrected chi connectivity index (χ0v) is 14.6. The van der Waals surface area contributed by atoms with Crippen LogP contribution in [-0.2, 0) is 0 Å². The lowest BCUT2D eigenvalue weighted by Crippen LogP contribution is -2.12. The molecule has 1 amide bonds.